The number of hydrogen-bond acceptors (Lipinski definition) is 2. The van der Waals surface area contributed by atoms with E-state index < -0.39 is 0 Å². The number of aliphatic hydroxyl groups is 1. The molecule has 0 rings (SSSR count). The maximum absolute atomic E-state index is 8.37. The zero-order chi connectivity index (χ0) is 5.70. The van der Waals surface area contributed by atoms with Crippen LogP contribution >= 0.6 is 0 Å². The van der Waals surface area contributed by atoms with Crippen molar-refractivity contribution in [1.82, 2.24) is 0 Å². The Bertz CT molecular complexity index is 50.0. The SMILES string of the molecule is CC[C@@H](C=N)CO. The fraction of sp³-hybridized carbons (Fsp3) is 0.800. The minimum absolute atomic E-state index is 0.0833. The lowest BCUT2D eigenvalue weighted by Crippen LogP contribution is -2.03. The predicted octanol–water partition coefficient (Wildman–Crippen LogP) is 0.654. The van der Waals surface area contributed by atoms with Crippen LogP contribution in [0.25, 0.3) is 0 Å². The molecule has 0 fully saturated rings. The predicted molar refractivity (Wildman–Crippen MR) is 29.7 cm³/mol. The maximum atomic E-state index is 8.37. The van der Waals surface area contributed by atoms with Crippen molar-refractivity contribution in [3.05, 3.63) is 0 Å². The molecule has 0 aliphatic rings. The molecule has 1 atom stereocenters. The van der Waals surface area contributed by atoms with Gasteiger partial charge in [0.2, 0.25) is 0 Å². The molecule has 7 heavy (non-hydrogen) atoms. The van der Waals surface area contributed by atoms with Crippen LogP contribution in [-0.4, -0.2) is 17.9 Å². The lowest BCUT2D eigenvalue weighted by molar-refractivity contribution is 0.260. The highest BCUT2D eigenvalue weighted by molar-refractivity contribution is 5.56. The molecule has 42 valence electrons. The van der Waals surface area contributed by atoms with Gasteiger partial charge in [-0.1, -0.05) is 6.92 Å². The zero-order valence-corrected chi connectivity index (χ0v) is 4.52. The molecule has 0 saturated heterocycles. The van der Waals surface area contributed by atoms with Gasteiger partial charge in [-0.25, -0.2) is 0 Å². The summed E-state index contributed by atoms with van der Waals surface area (Å²) < 4.78 is 0. The molecule has 0 saturated carbocycles. The molecular weight excluding hydrogens is 90.1 g/mol. The van der Waals surface area contributed by atoms with Crippen LogP contribution in [0.3, 0.4) is 0 Å². The first-order chi connectivity index (χ1) is 3.35. The summed E-state index contributed by atoms with van der Waals surface area (Å²) in [6.07, 6.45) is 2.14. The maximum Gasteiger partial charge on any atom is 0.0508 e. The Morgan fingerprint density at radius 2 is 2.43 bits per heavy atom. The largest absolute Gasteiger partial charge is 0.396 e. The lowest BCUT2D eigenvalue weighted by atomic mass is 10.1. The summed E-state index contributed by atoms with van der Waals surface area (Å²) in [7, 11) is 0. The van der Waals surface area contributed by atoms with E-state index in [4.69, 9.17) is 10.5 Å². The average molecular weight is 101 g/mol. The fourth-order valence-corrected chi connectivity index (χ4v) is 0.300. The monoisotopic (exact) mass is 101 g/mol. The van der Waals surface area contributed by atoms with Crippen LogP contribution in [0.2, 0.25) is 0 Å². The molecule has 0 spiro atoms. The van der Waals surface area contributed by atoms with Crippen LogP contribution in [0, 0.1) is 11.3 Å². The summed E-state index contributed by atoms with van der Waals surface area (Å²) in [5.74, 6) is 0.0833. The number of aliphatic hydroxyl groups excluding tert-OH is 1. The second-order valence-corrected chi connectivity index (χ2v) is 1.52. The molecule has 0 unspecified atom stereocenters. The van der Waals surface area contributed by atoms with Gasteiger partial charge in [-0.05, 0) is 6.42 Å². The van der Waals surface area contributed by atoms with E-state index in [2.05, 4.69) is 0 Å². The first-order valence-corrected chi connectivity index (χ1v) is 2.46. The average Bonchev–Trinajstić information content (AvgIpc) is 1.72. The van der Waals surface area contributed by atoms with Gasteiger partial charge >= 0.3 is 0 Å². The van der Waals surface area contributed by atoms with Gasteiger partial charge in [0, 0.05) is 12.1 Å². The van der Waals surface area contributed by atoms with E-state index in [1.165, 1.54) is 6.21 Å². The highest BCUT2D eigenvalue weighted by Gasteiger charge is 1.95. The summed E-state index contributed by atoms with van der Waals surface area (Å²) in [6.45, 7) is 2.06. The summed E-state index contributed by atoms with van der Waals surface area (Å²) in [5, 5.41) is 15.0. The van der Waals surface area contributed by atoms with Crippen molar-refractivity contribution < 1.29 is 5.11 Å². The minimum Gasteiger partial charge on any atom is -0.396 e. The summed E-state index contributed by atoms with van der Waals surface area (Å²) in [6, 6.07) is 0. The fourth-order valence-electron chi connectivity index (χ4n) is 0.300. The third-order valence-electron chi connectivity index (χ3n) is 0.995. The Morgan fingerprint density at radius 1 is 1.86 bits per heavy atom. The van der Waals surface area contributed by atoms with E-state index in [9.17, 15) is 0 Å². The summed E-state index contributed by atoms with van der Waals surface area (Å²) >= 11 is 0. The Hall–Kier alpha value is -0.370. The van der Waals surface area contributed by atoms with E-state index in [0.717, 1.165) is 6.42 Å². The van der Waals surface area contributed by atoms with Crippen LogP contribution in [0.15, 0.2) is 0 Å². The Kier molecular flexibility index (Phi) is 3.61. The molecule has 0 radical (unpaired) electrons. The number of nitrogens with one attached hydrogen (secondary N) is 1. The first kappa shape index (κ1) is 6.63. The third-order valence-corrected chi connectivity index (χ3v) is 0.995. The lowest BCUT2D eigenvalue weighted by Gasteiger charge is -1.99. The molecule has 0 aliphatic heterocycles. The van der Waals surface area contributed by atoms with Crippen molar-refractivity contribution in [2.75, 3.05) is 6.61 Å². The van der Waals surface area contributed by atoms with Crippen molar-refractivity contribution in [3.8, 4) is 0 Å². The summed E-state index contributed by atoms with van der Waals surface area (Å²) in [5.41, 5.74) is 0. The molecule has 2 N–H and O–H groups in total. The number of rotatable bonds is 3. The van der Waals surface area contributed by atoms with Crippen molar-refractivity contribution in [2.45, 2.75) is 13.3 Å². The van der Waals surface area contributed by atoms with Crippen molar-refractivity contribution in [3.63, 3.8) is 0 Å². The topological polar surface area (TPSA) is 44.1 Å². The van der Waals surface area contributed by atoms with Gasteiger partial charge in [0.05, 0.1) is 6.61 Å². The quantitative estimate of drug-likeness (QED) is 0.504. The normalized spacial score (nSPS) is 13.4. The van der Waals surface area contributed by atoms with Crippen LogP contribution in [0.1, 0.15) is 13.3 Å². The summed E-state index contributed by atoms with van der Waals surface area (Å²) in [4.78, 5) is 0. The van der Waals surface area contributed by atoms with Gasteiger partial charge in [0.15, 0.2) is 0 Å². The van der Waals surface area contributed by atoms with Crippen LogP contribution in [0.4, 0.5) is 0 Å². The van der Waals surface area contributed by atoms with E-state index in [-0.39, 0.29) is 12.5 Å². The Labute approximate surface area is 43.7 Å². The Morgan fingerprint density at radius 3 is 2.43 bits per heavy atom. The van der Waals surface area contributed by atoms with Crippen LogP contribution < -0.4 is 0 Å². The van der Waals surface area contributed by atoms with Gasteiger partial charge in [-0.15, -0.1) is 0 Å². The second-order valence-electron chi connectivity index (χ2n) is 1.52. The molecule has 2 nitrogen and oxygen atoms in total. The highest BCUT2D eigenvalue weighted by Crippen LogP contribution is 1.93. The molecular formula is C5H11NO. The van der Waals surface area contributed by atoms with Gasteiger partial charge in [-0.2, -0.15) is 0 Å². The van der Waals surface area contributed by atoms with Crippen molar-refractivity contribution >= 4 is 6.21 Å². The zero-order valence-electron chi connectivity index (χ0n) is 4.52. The molecule has 0 aromatic rings. The van der Waals surface area contributed by atoms with Gasteiger partial charge < -0.3 is 10.5 Å². The molecule has 0 aromatic heterocycles. The number of hydrogen-bond donors (Lipinski definition) is 2. The minimum atomic E-state index is 0.0833. The molecule has 0 bridgehead atoms. The molecule has 0 aliphatic carbocycles. The van der Waals surface area contributed by atoms with Crippen molar-refractivity contribution in [2.24, 2.45) is 5.92 Å². The van der Waals surface area contributed by atoms with E-state index >= 15 is 0 Å². The van der Waals surface area contributed by atoms with Gasteiger partial charge in [-0.3, -0.25) is 0 Å². The third kappa shape index (κ3) is 2.34. The highest BCUT2D eigenvalue weighted by atomic mass is 16.3. The second kappa shape index (κ2) is 3.81. The molecule has 2 heteroatoms. The van der Waals surface area contributed by atoms with Gasteiger partial charge in [0.25, 0.3) is 0 Å². The van der Waals surface area contributed by atoms with E-state index in [1.54, 1.807) is 0 Å². The smallest absolute Gasteiger partial charge is 0.0508 e. The Balaban J connectivity index is 3.16. The van der Waals surface area contributed by atoms with E-state index in [1.807, 2.05) is 6.92 Å². The molecule has 0 heterocycles. The van der Waals surface area contributed by atoms with E-state index in [0.29, 0.717) is 0 Å². The standard InChI is InChI=1S/C5H11NO/c1-2-5(3-6)4-7/h3,5-7H,2,4H2,1H3/t5-/m0/s1. The molecule has 0 aromatic carbocycles. The van der Waals surface area contributed by atoms with Gasteiger partial charge in [0.1, 0.15) is 0 Å². The van der Waals surface area contributed by atoms with Crippen molar-refractivity contribution in [1.29, 1.82) is 5.41 Å². The first-order valence-electron chi connectivity index (χ1n) is 2.46. The molecule has 0 amide bonds. The van der Waals surface area contributed by atoms with Crippen LogP contribution in [-0.2, 0) is 0 Å². The van der Waals surface area contributed by atoms with Crippen LogP contribution in [0.5, 0.6) is 0 Å².